The number of carbonyl (C=O) groups excluding carboxylic acids is 1. The zero-order valence-electron chi connectivity index (χ0n) is 14.1. The van der Waals surface area contributed by atoms with Crippen LogP contribution in [0.15, 0.2) is 54.6 Å². The number of nitrogens with one attached hydrogen (secondary N) is 1. The van der Waals surface area contributed by atoms with Gasteiger partial charge in [-0.1, -0.05) is 32.0 Å². The first-order valence-electron chi connectivity index (χ1n) is 7.98. The first-order valence-corrected chi connectivity index (χ1v) is 7.98. The summed E-state index contributed by atoms with van der Waals surface area (Å²) < 4.78 is 7.47. The van der Waals surface area contributed by atoms with Crippen LogP contribution in [0.3, 0.4) is 0 Å². The van der Waals surface area contributed by atoms with Crippen molar-refractivity contribution in [2.75, 3.05) is 0 Å². The third-order valence-electron chi connectivity index (χ3n) is 4.02. The van der Waals surface area contributed by atoms with Crippen molar-refractivity contribution in [1.29, 1.82) is 0 Å². The third kappa shape index (κ3) is 3.25. The Hall–Kier alpha value is -2.82. The lowest BCUT2D eigenvalue weighted by molar-refractivity contribution is -0.118. The fourth-order valence-electron chi connectivity index (χ4n) is 2.68. The van der Waals surface area contributed by atoms with Gasteiger partial charge in [-0.15, -0.1) is 0 Å². The van der Waals surface area contributed by atoms with Gasteiger partial charge in [-0.25, -0.2) is 4.98 Å². The van der Waals surface area contributed by atoms with Gasteiger partial charge in [-0.05, 0) is 24.1 Å². The van der Waals surface area contributed by atoms with Crippen LogP contribution in [-0.2, 0) is 11.8 Å². The van der Waals surface area contributed by atoms with Crippen molar-refractivity contribution in [3.05, 3.63) is 66.0 Å². The Labute approximate surface area is 141 Å². The van der Waals surface area contributed by atoms with E-state index >= 15 is 0 Å². The van der Waals surface area contributed by atoms with Crippen molar-refractivity contribution in [2.24, 2.45) is 13.0 Å². The quantitative estimate of drug-likeness (QED) is 0.940. The van der Waals surface area contributed by atoms with Crippen LogP contribution in [0, 0.1) is 5.92 Å². The van der Waals surface area contributed by atoms with Crippen molar-refractivity contribution >= 4 is 12.0 Å². The highest BCUT2D eigenvalue weighted by Crippen LogP contribution is 2.25. The van der Waals surface area contributed by atoms with Crippen LogP contribution in [0.5, 0.6) is 5.75 Å². The average Bonchev–Trinajstić information content (AvgIpc) is 2.86. The summed E-state index contributed by atoms with van der Waals surface area (Å²) >= 11 is 0. The van der Waals surface area contributed by atoms with Gasteiger partial charge in [0.25, 0.3) is 5.91 Å². The van der Waals surface area contributed by atoms with E-state index in [4.69, 9.17) is 4.74 Å². The van der Waals surface area contributed by atoms with Crippen LogP contribution in [0.4, 0.5) is 0 Å². The van der Waals surface area contributed by atoms with Gasteiger partial charge in [-0.3, -0.25) is 4.79 Å². The monoisotopic (exact) mass is 323 g/mol. The van der Waals surface area contributed by atoms with Crippen molar-refractivity contribution in [1.82, 2.24) is 14.9 Å². The van der Waals surface area contributed by atoms with Gasteiger partial charge < -0.3 is 14.6 Å². The maximum Gasteiger partial charge on any atom is 0.252 e. The van der Waals surface area contributed by atoms with Crippen LogP contribution in [0.25, 0.3) is 6.08 Å². The molecule has 2 aromatic rings. The highest BCUT2D eigenvalue weighted by Gasteiger charge is 2.23. The van der Waals surface area contributed by atoms with Gasteiger partial charge in [0, 0.05) is 30.6 Å². The highest BCUT2D eigenvalue weighted by atomic mass is 16.5. The van der Waals surface area contributed by atoms with Crippen LogP contribution in [-0.4, -0.2) is 15.5 Å². The number of ether oxygens (including phenoxy) is 1. The molecule has 0 spiro atoms. The topological polar surface area (TPSA) is 56.1 Å². The number of benzene rings is 1. The Balaban J connectivity index is 1.86. The van der Waals surface area contributed by atoms with Crippen LogP contribution < -0.4 is 10.1 Å². The minimum absolute atomic E-state index is 0.145. The summed E-state index contributed by atoms with van der Waals surface area (Å²) in [7, 11) is 1.93. The van der Waals surface area contributed by atoms with Crippen LogP contribution in [0.2, 0.25) is 0 Å². The summed E-state index contributed by atoms with van der Waals surface area (Å²) in [6.07, 6.45) is 8.69. The average molecular weight is 323 g/mol. The van der Waals surface area contributed by atoms with Gasteiger partial charge in [0.05, 0.1) is 12.3 Å². The summed E-state index contributed by atoms with van der Waals surface area (Å²) in [5.74, 6) is 1.65. The van der Waals surface area contributed by atoms with Crippen molar-refractivity contribution in [3.8, 4) is 5.75 Å². The molecule has 1 unspecified atom stereocenters. The summed E-state index contributed by atoms with van der Waals surface area (Å²) in [5, 5.41) is 3.09. The second kappa shape index (κ2) is 6.74. The molecule has 1 amide bonds. The fraction of sp³-hybridized carbons (Fsp3) is 0.263. The third-order valence-corrected chi connectivity index (χ3v) is 4.02. The smallest absolute Gasteiger partial charge is 0.252 e. The molecule has 24 heavy (non-hydrogen) atoms. The number of nitrogens with zero attached hydrogens (tertiary/aromatic N) is 2. The molecule has 3 rings (SSSR count). The number of hydrogen-bond acceptors (Lipinski definition) is 3. The normalized spacial score (nSPS) is 14.4. The van der Waals surface area contributed by atoms with E-state index in [-0.39, 0.29) is 17.9 Å². The number of rotatable bonds is 4. The Bertz CT molecular complexity index is 802. The lowest BCUT2D eigenvalue weighted by Crippen LogP contribution is -2.34. The maximum absolute atomic E-state index is 12.8. The molecule has 1 aliphatic rings. The number of carbonyl (C=O) groups is 1. The largest absolute Gasteiger partial charge is 0.464 e. The van der Waals surface area contributed by atoms with E-state index in [1.807, 2.05) is 48.2 Å². The Morgan fingerprint density at radius 1 is 1.29 bits per heavy atom. The molecule has 0 saturated heterocycles. The molecule has 5 nitrogen and oxygen atoms in total. The van der Waals surface area contributed by atoms with Gasteiger partial charge in [0.1, 0.15) is 11.6 Å². The van der Waals surface area contributed by atoms with Gasteiger partial charge in [0.2, 0.25) is 0 Å². The summed E-state index contributed by atoms with van der Waals surface area (Å²) in [5.41, 5.74) is 1.44. The molecule has 0 radical (unpaired) electrons. The summed E-state index contributed by atoms with van der Waals surface area (Å²) in [6.45, 7) is 4.13. The second-order valence-corrected chi connectivity index (χ2v) is 6.15. The Morgan fingerprint density at radius 2 is 2.08 bits per heavy atom. The predicted molar refractivity (Wildman–Crippen MR) is 93.1 cm³/mol. The SMILES string of the molecule is CC(C)C(NC(=O)C1=Cc2ccccc2OC=C1)c1nccn1C. The zero-order chi connectivity index (χ0) is 17.1. The van der Waals surface area contributed by atoms with E-state index in [2.05, 4.69) is 24.1 Å². The van der Waals surface area contributed by atoms with E-state index in [0.29, 0.717) is 5.57 Å². The Morgan fingerprint density at radius 3 is 2.79 bits per heavy atom. The van der Waals surface area contributed by atoms with E-state index < -0.39 is 0 Å². The molecular formula is C19H21N3O2. The molecular weight excluding hydrogens is 302 g/mol. The van der Waals surface area contributed by atoms with Crippen molar-refractivity contribution < 1.29 is 9.53 Å². The molecule has 1 aromatic carbocycles. The molecule has 124 valence electrons. The van der Waals surface area contributed by atoms with Crippen LogP contribution >= 0.6 is 0 Å². The number of hydrogen-bond donors (Lipinski definition) is 1. The highest BCUT2D eigenvalue weighted by molar-refractivity contribution is 6.01. The second-order valence-electron chi connectivity index (χ2n) is 6.15. The molecule has 1 N–H and O–H groups in total. The molecule has 1 atom stereocenters. The zero-order valence-corrected chi connectivity index (χ0v) is 14.1. The number of fused-ring (bicyclic) bond motifs is 1. The van der Waals surface area contributed by atoms with Gasteiger partial charge in [-0.2, -0.15) is 0 Å². The van der Waals surface area contributed by atoms with Crippen molar-refractivity contribution in [2.45, 2.75) is 19.9 Å². The Kier molecular flexibility index (Phi) is 4.51. The number of para-hydroxylation sites is 1. The lowest BCUT2D eigenvalue weighted by Gasteiger charge is -2.22. The maximum atomic E-state index is 12.8. The molecule has 0 saturated carbocycles. The minimum atomic E-state index is -0.161. The summed E-state index contributed by atoms with van der Waals surface area (Å²) in [4.78, 5) is 17.1. The standard InChI is InChI=1S/C19H21N3O2/c1-13(2)17(18-20-9-10-22(18)3)21-19(23)15-8-11-24-16-7-5-4-6-14(16)12-15/h4-13,17H,1-3H3,(H,21,23). The molecule has 0 aliphatic carbocycles. The van der Waals surface area contributed by atoms with Gasteiger partial charge >= 0.3 is 0 Å². The van der Waals surface area contributed by atoms with E-state index in [1.165, 1.54) is 0 Å². The minimum Gasteiger partial charge on any atom is -0.464 e. The number of aryl methyl sites for hydroxylation is 1. The predicted octanol–water partition coefficient (Wildman–Crippen LogP) is 3.22. The number of imidazole rings is 1. The first-order chi connectivity index (χ1) is 11.6. The van der Waals surface area contributed by atoms with E-state index in [0.717, 1.165) is 17.1 Å². The number of amides is 1. The fourth-order valence-corrected chi connectivity index (χ4v) is 2.68. The molecule has 0 bridgehead atoms. The summed E-state index contributed by atoms with van der Waals surface area (Å²) in [6, 6.07) is 7.47. The van der Waals surface area contributed by atoms with E-state index in [9.17, 15) is 4.79 Å². The molecule has 1 aromatic heterocycles. The molecule has 1 aliphatic heterocycles. The van der Waals surface area contributed by atoms with Gasteiger partial charge in [0.15, 0.2) is 0 Å². The number of aromatic nitrogens is 2. The first kappa shape index (κ1) is 16.1. The van der Waals surface area contributed by atoms with Crippen molar-refractivity contribution in [3.63, 3.8) is 0 Å². The lowest BCUT2D eigenvalue weighted by atomic mass is 10.0. The van der Waals surface area contributed by atoms with Crippen LogP contribution in [0.1, 0.15) is 31.3 Å². The molecule has 2 heterocycles. The van der Waals surface area contributed by atoms with E-state index in [1.54, 1.807) is 18.5 Å². The molecule has 5 heteroatoms. The molecule has 0 fully saturated rings.